The molecule has 0 bridgehead atoms. The molecule has 1 unspecified atom stereocenters. The molecule has 138 valence electrons. The molecule has 8 heteroatoms. The normalized spacial score (nSPS) is 20.8. The molecule has 0 saturated carbocycles. The highest BCUT2D eigenvalue weighted by Crippen LogP contribution is 2.31. The van der Waals surface area contributed by atoms with E-state index in [0.717, 1.165) is 42.4 Å². The maximum atomic E-state index is 12.8. The van der Waals surface area contributed by atoms with Crippen LogP contribution in [-0.2, 0) is 11.3 Å². The van der Waals surface area contributed by atoms with Crippen molar-refractivity contribution in [1.82, 2.24) is 15.1 Å². The van der Waals surface area contributed by atoms with Crippen LogP contribution in [0.2, 0.25) is 0 Å². The predicted octanol–water partition coefficient (Wildman–Crippen LogP) is 3.25. The van der Waals surface area contributed by atoms with Crippen LogP contribution < -0.4 is 10.1 Å². The summed E-state index contributed by atoms with van der Waals surface area (Å²) in [5, 5.41) is 12.8. The largest absolute Gasteiger partial charge is 0.491 e. The van der Waals surface area contributed by atoms with E-state index in [2.05, 4.69) is 15.5 Å². The van der Waals surface area contributed by atoms with Crippen molar-refractivity contribution in [2.75, 3.05) is 25.1 Å². The molecule has 4 rings (SSSR count). The van der Waals surface area contributed by atoms with Gasteiger partial charge >= 0.3 is 6.03 Å². The van der Waals surface area contributed by atoms with Crippen molar-refractivity contribution in [3.8, 4) is 5.75 Å². The van der Waals surface area contributed by atoms with E-state index in [4.69, 9.17) is 9.47 Å². The Balaban J connectivity index is 1.45. The molecule has 1 saturated heterocycles. The van der Waals surface area contributed by atoms with Crippen LogP contribution in [0.25, 0.3) is 0 Å². The van der Waals surface area contributed by atoms with Gasteiger partial charge in [-0.1, -0.05) is 29.5 Å². The minimum Gasteiger partial charge on any atom is -0.491 e. The highest BCUT2D eigenvalue weighted by molar-refractivity contribution is 7.15. The fourth-order valence-corrected chi connectivity index (χ4v) is 4.15. The zero-order valence-corrected chi connectivity index (χ0v) is 15.5. The number of nitrogens with zero attached hydrogens (tertiary/aromatic N) is 3. The highest BCUT2D eigenvalue weighted by atomic mass is 32.1. The number of fused-ring (bicyclic) bond motifs is 1. The molecule has 2 aliphatic heterocycles. The topological polar surface area (TPSA) is 76.6 Å². The molecule has 2 aliphatic rings. The Labute approximate surface area is 156 Å². The summed E-state index contributed by atoms with van der Waals surface area (Å²) in [6.07, 6.45) is 1.92. The first-order chi connectivity index (χ1) is 12.7. The molecule has 1 N–H and O–H groups in total. The van der Waals surface area contributed by atoms with Crippen molar-refractivity contribution in [2.45, 2.75) is 38.3 Å². The van der Waals surface area contributed by atoms with Gasteiger partial charge in [-0.15, -0.1) is 10.2 Å². The predicted molar refractivity (Wildman–Crippen MR) is 98.7 cm³/mol. The van der Waals surface area contributed by atoms with Gasteiger partial charge < -0.3 is 14.4 Å². The maximum absolute atomic E-state index is 12.8. The van der Waals surface area contributed by atoms with E-state index in [1.807, 2.05) is 31.2 Å². The van der Waals surface area contributed by atoms with E-state index in [1.54, 1.807) is 4.90 Å². The third-order valence-electron chi connectivity index (χ3n) is 4.81. The summed E-state index contributed by atoms with van der Waals surface area (Å²) in [6.45, 7) is 4.48. The fraction of sp³-hybridized carbons (Fsp3) is 0.500. The van der Waals surface area contributed by atoms with Crippen LogP contribution >= 0.6 is 11.3 Å². The second-order valence-corrected chi connectivity index (χ2v) is 7.67. The standard InChI is InChI=1S/C18H22N4O3S/c1-12-11-25-15-5-3-2-4-14(15)10-22(12)18(23)19-17-21-20-16(26-17)13-6-8-24-9-7-13/h2-5,12-13H,6-11H2,1H3,(H,19,21,23). The number of amides is 2. The summed E-state index contributed by atoms with van der Waals surface area (Å²) in [6, 6.07) is 7.62. The van der Waals surface area contributed by atoms with Gasteiger partial charge in [0, 0.05) is 24.7 Å². The molecule has 0 spiro atoms. The number of anilines is 1. The molecule has 1 aromatic carbocycles. The smallest absolute Gasteiger partial charge is 0.324 e. The van der Waals surface area contributed by atoms with Crippen molar-refractivity contribution in [1.29, 1.82) is 0 Å². The zero-order valence-electron chi connectivity index (χ0n) is 14.7. The lowest BCUT2D eigenvalue weighted by atomic mass is 10.0. The van der Waals surface area contributed by atoms with Gasteiger partial charge in [0.2, 0.25) is 5.13 Å². The Morgan fingerprint density at radius 2 is 2.08 bits per heavy atom. The summed E-state index contributed by atoms with van der Waals surface area (Å²) < 4.78 is 11.2. The third-order valence-corrected chi connectivity index (χ3v) is 5.81. The Bertz CT molecular complexity index is 775. The monoisotopic (exact) mass is 374 g/mol. The molecule has 0 aliphatic carbocycles. The second-order valence-electron chi connectivity index (χ2n) is 6.66. The van der Waals surface area contributed by atoms with Crippen LogP contribution in [-0.4, -0.2) is 47.0 Å². The first-order valence-corrected chi connectivity index (χ1v) is 9.72. The molecule has 1 fully saturated rings. The minimum atomic E-state index is -0.174. The fourth-order valence-electron chi connectivity index (χ4n) is 3.24. The molecule has 0 radical (unpaired) electrons. The number of ether oxygens (including phenoxy) is 2. The SMILES string of the molecule is CC1COc2ccccc2CN1C(=O)Nc1nnc(C2CCOCC2)s1. The molecular weight excluding hydrogens is 352 g/mol. The van der Waals surface area contributed by atoms with Crippen molar-refractivity contribution in [2.24, 2.45) is 0 Å². The number of urea groups is 1. The van der Waals surface area contributed by atoms with Gasteiger partial charge in [0.1, 0.15) is 17.4 Å². The van der Waals surface area contributed by atoms with E-state index in [-0.39, 0.29) is 12.1 Å². The summed E-state index contributed by atoms with van der Waals surface area (Å²) in [5.41, 5.74) is 1.01. The van der Waals surface area contributed by atoms with E-state index >= 15 is 0 Å². The molecular formula is C18H22N4O3S. The van der Waals surface area contributed by atoms with Gasteiger partial charge in [0.25, 0.3) is 0 Å². The number of para-hydroxylation sites is 1. The van der Waals surface area contributed by atoms with Crippen molar-refractivity contribution in [3.63, 3.8) is 0 Å². The Hall–Kier alpha value is -2.19. The number of benzene rings is 1. The van der Waals surface area contributed by atoms with Crippen LogP contribution in [0.4, 0.5) is 9.93 Å². The number of rotatable bonds is 2. The van der Waals surface area contributed by atoms with Crippen LogP contribution in [0.15, 0.2) is 24.3 Å². The van der Waals surface area contributed by atoms with Crippen molar-refractivity contribution >= 4 is 22.5 Å². The maximum Gasteiger partial charge on any atom is 0.324 e. The summed E-state index contributed by atoms with van der Waals surface area (Å²) >= 11 is 1.46. The Morgan fingerprint density at radius 1 is 1.27 bits per heavy atom. The molecule has 2 aromatic rings. The number of nitrogens with one attached hydrogen (secondary N) is 1. The van der Waals surface area contributed by atoms with Gasteiger partial charge in [-0.25, -0.2) is 4.79 Å². The Morgan fingerprint density at radius 3 is 2.92 bits per heavy atom. The summed E-state index contributed by atoms with van der Waals surface area (Å²) in [4.78, 5) is 14.6. The van der Waals surface area contributed by atoms with E-state index in [0.29, 0.717) is 24.2 Å². The zero-order chi connectivity index (χ0) is 17.9. The average molecular weight is 374 g/mol. The molecule has 2 amide bonds. The minimum absolute atomic E-state index is 0.0368. The lowest BCUT2D eigenvalue weighted by molar-refractivity contribution is 0.0851. The molecule has 3 heterocycles. The van der Waals surface area contributed by atoms with Gasteiger partial charge in [-0.2, -0.15) is 0 Å². The molecule has 7 nitrogen and oxygen atoms in total. The third kappa shape index (κ3) is 3.66. The van der Waals surface area contributed by atoms with Gasteiger partial charge in [0.15, 0.2) is 0 Å². The lowest BCUT2D eigenvalue weighted by Crippen LogP contribution is -2.42. The molecule has 1 atom stereocenters. The molecule has 26 heavy (non-hydrogen) atoms. The summed E-state index contributed by atoms with van der Waals surface area (Å²) in [7, 11) is 0. The van der Waals surface area contributed by atoms with Crippen LogP contribution in [0.5, 0.6) is 5.75 Å². The quantitative estimate of drug-likeness (QED) is 0.873. The number of hydrogen-bond acceptors (Lipinski definition) is 6. The number of hydrogen-bond donors (Lipinski definition) is 1. The van der Waals surface area contributed by atoms with E-state index < -0.39 is 0 Å². The average Bonchev–Trinajstić information content (AvgIpc) is 3.06. The molecule has 1 aromatic heterocycles. The van der Waals surface area contributed by atoms with Crippen molar-refractivity contribution < 1.29 is 14.3 Å². The van der Waals surface area contributed by atoms with Gasteiger partial charge in [-0.3, -0.25) is 5.32 Å². The number of carbonyl (C=O) groups excluding carboxylic acids is 1. The number of carbonyl (C=O) groups is 1. The van der Waals surface area contributed by atoms with Crippen LogP contribution in [0.3, 0.4) is 0 Å². The van der Waals surface area contributed by atoms with Crippen LogP contribution in [0, 0.1) is 0 Å². The lowest BCUT2D eigenvalue weighted by Gasteiger charge is -2.25. The Kier molecular flexibility index (Phi) is 5.03. The summed E-state index contributed by atoms with van der Waals surface area (Å²) in [5.74, 6) is 1.22. The number of aromatic nitrogens is 2. The highest BCUT2D eigenvalue weighted by Gasteiger charge is 2.27. The van der Waals surface area contributed by atoms with Crippen LogP contribution in [0.1, 0.15) is 36.3 Å². The van der Waals surface area contributed by atoms with E-state index in [1.165, 1.54) is 11.3 Å². The van der Waals surface area contributed by atoms with Gasteiger partial charge in [0.05, 0.1) is 12.6 Å². The van der Waals surface area contributed by atoms with E-state index in [9.17, 15) is 4.79 Å². The van der Waals surface area contributed by atoms with Crippen molar-refractivity contribution in [3.05, 3.63) is 34.8 Å². The second kappa shape index (κ2) is 7.59. The van der Waals surface area contributed by atoms with Gasteiger partial charge in [-0.05, 0) is 25.8 Å². The first kappa shape index (κ1) is 17.2. The first-order valence-electron chi connectivity index (χ1n) is 8.90.